The van der Waals surface area contributed by atoms with Crippen molar-refractivity contribution in [1.29, 1.82) is 0 Å². The molecule has 0 aliphatic heterocycles. The smallest absolute Gasteiger partial charge is 0.226 e. The molecule has 2 aromatic heterocycles. The number of rotatable bonds is 3. The SMILES string of the molecule is [C-]#[N+]C1=C[C@@]2(C)c3nc(-c4cccc5nc(C=O)ccc45)nc(-c4ccccc4F)c3CC[C@@H]2[C@@H](C)C1=O. The third kappa shape index (κ3) is 3.48. The van der Waals surface area contributed by atoms with Gasteiger partial charge in [0, 0.05) is 33.4 Å². The third-order valence-electron chi connectivity index (χ3n) is 8.06. The fourth-order valence-electron chi connectivity index (χ4n) is 6.17. The molecular weight excluding hydrogens is 479 g/mol. The van der Waals surface area contributed by atoms with E-state index in [2.05, 4.69) is 9.83 Å². The van der Waals surface area contributed by atoms with Gasteiger partial charge in [-0.1, -0.05) is 44.2 Å². The Hall–Kier alpha value is -4.57. The Labute approximate surface area is 219 Å². The number of aldehydes is 1. The number of allylic oxidation sites excluding steroid dienone is 2. The number of hydrogen-bond donors (Lipinski definition) is 0. The summed E-state index contributed by atoms with van der Waals surface area (Å²) in [6.45, 7) is 11.5. The van der Waals surface area contributed by atoms with Gasteiger partial charge in [-0.2, -0.15) is 0 Å². The quantitative estimate of drug-likeness (QED) is 0.248. The highest BCUT2D eigenvalue weighted by Gasteiger charge is 2.49. The number of benzene rings is 2. The zero-order chi connectivity index (χ0) is 26.6. The van der Waals surface area contributed by atoms with Crippen LogP contribution in [0.2, 0.25) is 0 Å². The average Bonchev–Trinajstić information content (AvgIpc) is 2.94. The summed E-state index contributed by atoms with van der Waals surface area (Å²) in [5, 5.41) is 0.764. The lowest BCUT2D eigenvalue weighted by molar-refractivity contribution is -0.121. The van der Waals surface area contributed by atoms with Crippen molar-refractivity contribution in [3.05, 3.63) is 101 Å². The molecule has 4 aromatic rings. The summed E-state index contributed by atoms with van der Waals surface area (Å²) in [6, 6.07) is 15.5. The molecule has 0 N–H and O–H groups in total. The van der Waals surface area contributed by atoms with E-state index in [1.807, 2.05) is 38.1 Å². The second-order valence-corrected chi connectivity index (χ2v) is 10.2. The molecule has 186 valence electrons. The van der Waals surface area contributed by atoms with E-state index in [0.29, 0.717) is 58.7 Å². The minimum atomic E-state index is -0.702. The molecule has 0 saturated carbocycles. The van der Waals surface area contributed by atoms with Crippen molar-refractivity contribution in [3.8, 4) is 22.6 Å². The summed E-state index contributed by atoms with van der Waals surface area (Å²) in [7, 11) is 0. The van der Waals surface area contributed by atoms with E-state index < -0.39 is 5.41 Å². The molecule has 0 radical (unpaired) electrons. The van der Waals surface area contributed by atoms with Gasteiger partial charge in [-0.3, -0.25) is 4.79 Å². The number of ketones is 1. The molecule has 38 heavy (non-hydrogen) atoms. The van der Waals surface area contributed by atoms with E-state index in [9.17, 15) is 9.59 Å². The predicted molar refractivity (Wildman–Crippen MR) is 142 cm³/mol. The van der Waals surface area contributed by atoms with Crippen LogP contribution in [0.3, 0.4) is 0 Å². The molecule has 3 atom stereocenters. The van der Waals surface area contributed by atoms with Crippen LogP contribution in [0.5, 0.6) is 0 Å². The molecule has 0 spiro atoms. The minimum absolute atomic E-state index is 0.0476. The topological polar surface area (TPSA) is 77.2 Å². The van der Waals surface area contributed by atoms with Crippen LogP contribution in [0.1, 0.15) is 42.0 Å². The number of pyridine rings is 1. The van der Waals surface area contributed by atoms with Gasteiger partial charge in [0.05, 0.1) is 23.5 Å². The van der Waals surface area contributed by atoms with Gasteiger partial charge in [0.15, 0.2) is 17.9 Å². The maximum absolute atomic E-state index is 15.2. The van der Waals surface area contributed by atoms with Gasteiger partial charge in [-0.25, -0.2) is 24.2 Å². The molecule has 2 aliphatic rings. The monoisotopic (exact) mass is 502 g/mol. The normalized spacial score (nSPS) is 22.3. The van der Waals surface area contributed by atoms with Crippen LogP contribution in [0.4, 0.5) is 4.39 Å². The Bertz CT molecular complexity index is 1740. The lowest BCUT2D eigenvalue weighted by Crippen LogP contribution is -2.46. The predicted octanol–water partition coefficient (Wildman–Crippen LogP) is 6.15. The fraction of sp³-hybridized carbons (Fsp3) is 0.226. The van der Waals surface area contributed by atoms with Crippen molar-refractivity contribution in [1.82, 2.24) is 15.0 Å². The van der Waals surface area contributed by atoms with E-state index in [-0.39, 0.29) is 29.1 Å². The van der Waals surface area contributed by atoms with Crippen LogP contribution in [-0.4, -0.2) is 27.0 Å². The van der Waals surface area contributed by atoms with E-state index in [1.165, 1.54) is 6.07 Å². The molecule has 0 fully saturated rings. The lowest BCUT2D eigenvalue weighted by atomic mass is 9.58. The summed E-state index contributed by atoms with van der Waals surface area (Å²) in [6.07, 6.45) is 3.76. The Morgan fingerprint density at radius 3 is 2.61 bits per heavy atom. The van der Waals surface area contributed by atoms with Crippen molar-refractivity contribution in [3.63, 3.8) is 0 Å². The van der Waals surface area contributed by atoms with E-state index >= 15 is 4.39 Å². The summed E-state index contributed by atoms with van der Waals surface area (Å²) >= 11 is 0. The van der Waals surface area contributed by atoms with E-state index in [0.717, 1.165) is 10.9 Å². The number of nitrogens with zero attached hydrogens (tertiary/aromatic N) is 4. The number of aromatic nitrogens is 3. The number of carbonyl (C=O) groups excluding carboxylic acids is 2. The number of fused-ring (bicyclic) bond motifs is 4. The fourth-order valence-corrected chi connectivity index (χ4v) is 6.17. The number of hydrogen-bond acceptors (Lipinski definition) is 5. The van der Waals surface area contributed by atoms with Crippen LogP contribution >= 0.6 is 0 Å². The third-order valence-corrected chi connectivity index (χ3v) is 8.06. The summed E-state index contributed by atoms with van der Waals surface area (Å²) in [5.41, 5.74) is 3.50. The molecule has 2 aliphatic carbocycles. The summed E-state index contributed by atoms with van der Waals surface area (Å²) in [5.74, 6) is -0.501. The molecule has 2 aromatic carbocycles. The Kier molecular flexibility index (Phi) is 5.50. The minimum Gasteiger partial charge on any atom is -0.308 e. The zero-order valence-electron chi connectivity index (χ0n) is 20.9. The first-order valence-electron chi connectivity index (χ1n) is 12.5. The second kappa shape index (κ2) is 8.77. The van der Waals surface area contributed by atoms with Gasteiger partial charge < -0.3 is 4.79 Å². The van der Waals surface area contributed by atoms with Gasteiger partial charge in [0.1, 0.15) is 11.5 Å². The van der Waals surface area contributed by atoms with Crippen LogP contribution in [0.25, 0.3) is 38.4 Å². The highest BCUT2D eigenvalue weighted by molar-refractivity contribution is 6.00. The van der Waals surface area contributed by atoms with Crippen molar-refractivity contribution >= 4 is 23.0 Å². The molecule has 6 nitrogen and oxygen atoms in total. The molecule has 7 heteroatoms. The van der Waals surface area contributed by atoms with Gasteiger partial charge in [-0.05, 0) is 49.1 Å². The number of halogens is 1. The largest absolute Gasteiger partial charge is 0.308 e. The highest BCUT2D eigenvalue weighted by atomic mass is 19.1. The van der Waals surface area contributed by atoms with Crippen LogP contribution < -0.4 is 0 Å². The van der Waals surface area contributed by atoms with Crippen molar-refractivity contribution < 1.29 is 14.0 Å². The summed E-state index contributed by atoms with van der Waals surface area (Å²) < 4.78 is 15.2. The highest BCUT2D eigenvalue weighted by Crippen LogP contribution is 2.51. The lowest BCUT2D eigenvalue weighted by Gasteiger charge is -2.46. The maximum atomic E-state index is 15.2. The first-order valence-corrected chi connectivity index (χ1v) is 12.5. The van der Waals surface area contributed by atoms with Crippen LogP contribution in [0, 0.1) is 24.2 Å². The van der Waals surface area contributed by atoms with E-state index in [1.54, 1.807) is 30.3 Å². The standard InChI is InChI=1S/C31H23FN4O2/c1-17-23-14-13-22-27(21-7-4-5-9-24(21)32)35-30(36-29(22)31(23,2)15-26(33-3)28(17)38)20-8-6-10-25-19(20)12-11-18(16-37)34-25/h4-12,15-17,23H,13-14H2,1-2H3/t17-,23-,31-/m1/s1. The second-order valence-electron chi connectivity index (χ2n) is 10.2. The Balaban J connectivity index is 1.68. The first-order chi connectivity index (χ1) is 18.4. The van der Waals surface area contributed by atoms with Gasteiger partial charge in [-0.15, -0.1) is 0 Å². The maximum Gasteiger partial charge on any atom is 0.226 e. The van der Waals surface area contributed by atoms with Gasteiger partial charge in [0.25, 0.3) is 0 Å². The molecule has 0 amide bonds. The molecule has 2 heterocycles. The van der Waals surface area contributed by atoms with Gasteiger partial charge in [0.2, 0.25) is 5.70 Å². The van der Waals surface area contributed by atoms with Crippen LogP contribution in [-0.2, 0) is 16.6 Å². The summed E-state index contributed by atoms with van der Waals surface area (Å²) in [4.78, 5) is 42.2. The average molecular weight is 503 g/mol. The number of carbonyl (C=O) groups is 2. The molecule has 0 saturated heterocycles. The zero-order valence-corrected chi connectivity index (χ0v) is 20.9. The Morgan fingerprint density at radius 1 is 1.05 bits per heavy atom. The van der Waals surface area contributed by atoms with Crippen molar-refractivity contribution in [2.24, 2.45) is 11.8 Å². The molecule has 6 rings (SSSR count). The molecule has 0 unspecified atom stereocenters. The molecular formula is C31H23FN4O2. The van der Waals surface area contributed by atoms with Crippen LogP contribution in [0.15, 0.2) is 66.4 Å². The first kappa shape index (κ1) is 23.8. The van der Waals surface area contributed by atoms with Crippen molar-refractivity contribution in [2.75, 3.05) is 0 Å². The number of Topliss-reactive ketones (excluding diaryl/α,β-unsaturated/α-hetero) is 1. The van der Waals surface area contributed by atoms with E-state index in [4.69, 9.17) is 16.5 Å². The van der Waals surface area contributed by atoms with Crippen molar-refractivity contribution in [2.45, 2.75) is 32.1 Å². The van der Waals surface area contributed by atoms with Gasteiger partial charge >= 0.3 is 0 Å². The molecule has 0 bridgehead atoms. The Morgan fingerprint density at radius 2 is 1.84 bits per heavy atom.